The summed E-state index contributed by atoms with van der Waals surface area (Å²) >= 11 is 1.49. The summed E-state index contributed by atoms with van der Waals surface area (Å²) in [6.45, 7) is 0. The van der Waals surface area contributed by atoms with Crippen LogP contribution in [0.15, 0.2) is 23.1 Å². The number of carbonyl (C=O) groups is 1. The number of carboxylic acid groups (broad SMARTS) is 1. The fraction of sp³-hybridized carbons (Fsp3) is 0.364. The molecule has 0 amide bonds. The van der Waals surface area contributed by atoms with Gasteiger partial charge in [0.15, 0.2) is 0 Å². The zero-order chi connectivity index (χ0) is 11.3. The minimum Gasteiger partial charge on any atom is -0.481 e. The highest BCUT2D eigenvalue weighted by Crippen LogP contribution is 2.19. The minimum atomic E-state index is -0.837. The lowest BCUT2D eigenvalue weighted by Gasteiger charge is -2.03. The molecule has 82 valence electrons. The number of halogens is 1. The molecule has 1 aromatic carbocycles. The Labute approximate surface area is 92.5 Å². The summed E-state index contributed by atoms with van der Waals surface area (Å²) < 4.78 is 13.4. The SMILES string of the molecule is CSc1ccc(CCCC(=O)O)c(F)c1. The normalized spacial score (nSPS) is 10.3. The molecule has 1 aromatic rings. The lowest BCUT2D eigenvalue weighted by molar-refractivity contribution is -0.137. The highest BCUT2D eigenvalue weighted by atomic mass is 32.2. The van der Waals surface area contributed by atoms with Crippen molar-refractivity contribution in [1.82, 2.24) is 0 Å². The molecule has 0 aliphatic carbocycles. The smallest absolute Gasteiger partial charge is 0.303 e. The van der Waals surface area contributed by atoms with Crippen LogP contribution in [0.4, 0.5) is 4.39 Å². The van der Waals surface area contributed by atoms with Gasteiger partial charge in [-0.2, -0.15) is 0 Å². The van der Waals surface area contributed by atoms with Crippen molar-refractivity contribution in [3.8, 4) is 0 Å². The van der Waals surface area contributed by atoms with E-state index in [4.69, 9.17) is 5.11 Å². The predicted molar refractivity (Wildman–Crippen MR) is 58.8 cm³/mol. The van der Waals surface area contributed by atoms with Gasteiger partial charge in [-0.1, -0.05) is 6.07 Å². The summed E-state index contributed by atoms with van der Waals surface area (Å²) in [5.74, 6) is -1.08. The van der Waals surface area contributed by atoms with Gasteiger partial charge in [0.2, 0.25) is 0 Å². The molecule has 0 bridgehead atoms. The number of aryl methyl sites for hydroxylation is 1. The van der Waals surface area contributed by atoms with E-state index in [2.05, 4.69) is 0 Å². The molecule has 0 radical (unpaired) electrons. The van der Waals surface area contributed by atoms with Crippen LogP contribution in [-0.2, 0) is 11.2 Å². The first-order valence-electron chi connectivity index (χ1n) is 4.67. The number of carboxylic acids is 1. The predicted octanol–water partition coefficient (Wildman–Crippen LogP) is 2.95. The first-order valence-corrected chi connectivity index (χ1v) is 5.90. The van der Waals surface area contributed by atoms with Gasteiger partial charge in [-0.25, -0.2) is 4.39 Å². The summed E-state index contributed by atoms with van der Waals surface area (Å²) in [5, 5.41) is 8.45. The Morgan fingerprint density at radius 2 is 2.27 bits per heavy atom. The summed E-state index contributed by atoms with van der Waals surface area (Å²) in [5.41, 5.74) is 0.592. The third kappa shape index (κ3) is 3.91. The molecular formula is C11H13FO2S. The topological polar surface area (TPSA) is 37.3 Å². The van der Waals surface area contributed by atoms with Crippen LogP contribution < -0.4 is 0 Å². The molecule has 0 aliphatic heterocycles. The van der Waals surface area contributed by atoms with Crippen molar-refractivity contribution in [2.45, 2.75) is 24.2 Å². The number of rotatable bonds is 5. The minimum absolute atomic E-state index is 0.0870. The quantitative estimate of drug-likeness (QED) is 0.787. The third-order valence-electron chi connectivity index (χ3n) is 2.10. The van der Waals surface area contributed by atoms with E-state index in [1.807, 2.05) is 12.3 Å². The zero-order valence-electron chi connectivity index (χ0n) is 8.50. The molecular weight excluding hydrogens is 215 g/mol. The van der Waals surface area contributed by atoms with Crippen molar-refractivity contribution in [2.75, 3.05) is 6.26 Å². The summed E-state index contributed by atoms with van der Waals surface area (Å²) in [7, 11) is 0. The van der Waals surface area contributed by atoms with Crippen molar-refractivity contribution >= 4 is 17.7 Å². The Morgan fingerprint density at radius 1 is 1.53 bits per heavy atom. The van der Waals surface area contributed by atoms with Gasteiger partial charge in [-0.3, -0.25) is 4.79 Å². The van der Waals surface area contributed by atoms with Crippen LogP contribution in [0.5, 0.6) is 0 Å². The number of benzene rings is 1. The Morgan fingerprint density at radius 3 is 2.80 bits per heavy atom. The molecule has 0 saturated carbocycles. The van der Waals surface area contributed by atoms with Crippen LogP contribution in [0.3, 0.4) is 0 Å². The molecule has 0 heterocycles. The highest BCUT2D eigenvalue weighted by molar-refractivity contribution is 7.98. The van der Waals surface area contributed by atoms with Gasteiger partial charge in [0.1, 0.15) is 5.82 Å². The van der Waals surface area contributed by atoms with Crippen molar-refractivity contribution in [3.05, 3.63) is 29.6 Å². The molecule has 4 heteroatoms. The molecule has 0 saturated heterocycles. The van der Waals surface area contributed by atoms with E-state index < -0.39 is 5.97 Å². The first-order chi connectivity index (χ1) is 7.13. The van der Waals surface area contributed by atoms with Crippen LogP contribution >= 0.6 is 11.8 Å². The largest absolute Gasteiger partial charge is 0.481 e. The molecule has 0 atom stereocenters. The van der Waals surface area contributed by atoms with Gasteiger partial charge >= 0.3 is 5.97 Å². The number of hydrogen-bond donors (Lipinski definition) is 1. The summed E-state index contributed by atoms with van der Waals surface area (Å²) in [6.07, 6.45) is 2.93. The van der Waals surface area contributed by atoms with Gasteiger partial charge in [0, 0.05) is 11.3 Å². The zero-order valence-corrected chi connectivity index (χ0v) is 9.31. The maximum absolute atomic E-state index is 13.4. The lowest BCUT2D eigenvalue weighted by Crippen LogP contribution is -1.97. The monoisotopic (exact) mass is 228 g/mol. The summed E-state index contributed by atoms with van der Waals surface area (Å²) in [4.78, 5) is 11.2. The molecule has 0 unspecified atom stereocenters. The first kappa shape index (κ1) is 12.0. The van der Waals surface area contributed by atoms with E-state index in [0.29, 0.717) is 18.4 Å². The molecule has 1 rings (SSSR count). The molecule has 2 nitrogen and oxygen atoms in total. The van der Waals surface area contributed by atoms with E-state index in [1.165, 1.54) is 17.8 Å². The van der Waals surface area contributed by atoms with Crippen LogP contribution in [-0.4, -0.2) is 17.3 Å². The van der Waals surface area contributed by atoms with Gasteiger partial charge in [0.05, 0.1) is 0 Å². The Hall–Kier alpha value is -1.03. The third-order valence-corrected chi connectivity index (χ3v) is 2.82. The van der Waals surface area contributed by atoms with E-state index in [-0.39, 0.29) is 12.2 Å². The maximum atomic E-state index is 13.4. The molecule has 0 aromatic heterocycles. The van der Waals surface area contributed by atoms with Crippen LogP contribution in [0, 0.1) is 5.82 Å². The van der Waals surface area contributed by atoms with Crippen molar-refractivity contribution < 1.29 is 14.3 Å². The highest BCUT2D eigenvalue weighted by Gasteiger charge is 2.04. The average Bonchev–Trinajstić information content (AvgIpc) is 2.20. The van der Waals surface area contributed by atoms with E-state index >= 15 is 0 Å². The Balaban J connectivity index is 2.58. The van der Waals surface area contributed by atoms with Crippen molar-refractivity contribution in [2.24, 2.45) is 0 Å². The fourth-order valence-electron chi connectivity index (χ4n) is 1.29. The molecule has 0 fully saturated rings. The second kappa shape index (κ2) is 5.75. The van der Waals surface area contributed by atoms with Gasteiger partial charge in [-0.15, -0.1) is 11.8 Å². The lowest BCUT2D eigenvalue weighted by atomic mass is 10.1. The Bertz CT molecular complexity index is 352. The van der Waals surface area contributed by atoms with Crippen LogP contribution in [0.2, 0.25) is 0 Å². The maximum Gasteiger partial charge on any atom is 0.303 e. The van der Waals surface area contributed by atoms with Gasteiger partial charge < -0.3 is 5.11 Å². The standard InChI is InChI=1S/C11H13FO2S/c1-15-9-6-5-8(10(12)7-9)3-2-4-11(13)14/h5-7H,2-4H2,1H3,(H,13,14). The fourth-order valence-corrected chi connectivity index (χ4v) is 1.71. The van der Waals surface area contributed by atoms with E-state index in [0.717, 1.165) is 4.90 Å². The Kier molecular flexibility index (Phi) is 4.62. The van der Waals surface area contributed by atoms with Crippen molar-refractivity contribution in [3.63, 3.8) is 0 Å². The van der Waals surface area contributed by atoms with E-state index in [9.17, 15) is 9.18 Å². The average molecular weight is 228 g/mol. The molecule has 1 N–H and O–H groups in total. The van der Waals surface area contributed by atoms with Crippen LogP contribution in [0.1, 0.15) is 18.4 Å². The van der Waals surface area contributed by atoms with Crippen LogP contribution in [0.25, 0.3) is 0 Å². The van der Waals surface area contributed by atoms with Gasteiger partial charge in [-0.05, 0) is 36.8 Å². The van der Waals surface area contributed by atoms with Crippen molar-refractivity contribution in [1.29, 1.82) is 0 Å². The molecule has 0 spiro atoms. The van der Waals surface area contributed by atoms with E-state index in [1.54, 1.807) is 6.07 Å². The molecule has 15 heavy (non-hydrogen) atoms. The summed E-state index contributed by atoms with van der Waals surface area (Å²) in [6, 6.07) is 5.06. The number of thioether (sulfide) groups is 1. The van der Waals surface area contributed by atoms with Gasteiger partial charge in [0.25, 0.3) is 0 Å². The molecule has 0 aliphatic rings. The second-order valence-corrected chi connectivity index (χ2v) is 4.08. The number of hydrogen-bond acceptors (Lipinski definition) is 2. The number of aliphatic carboxylic acids is 1. The second-order valence-electron chi connectivity index (χ2n) is 3.20.